The summed E-state index contributed by atoms with van der Waals surface area (Å²) < 4.78 is 6.08. The van der Waals surface area contributed by atoms with Crippen molar-refractivity contribution in [3.8, 4) is 0 Å². The molecule has 0 aliphatic rings. The minimum absolute atomic E-state index is 0.784. The van der Waals surface area contributed by atoms with Gasteiger partial charge in [-0.1, -0.05) is 112 Å². The van der Waals surface area contributed by atoms with Crippen LogP contribution in [0.15, 0.2) is 72.8 Å². The highest BCUT2D eigenvalue weighted by Gasteiger charge is 2.01. The minimum atomic E-state index is 0.784. The van der Waals surface area contributed by atoms with E-state index in [1.54, 1.807) is 0 Å². The topological polar surface area (TPSA) is 9.23 Å². The molecular formula is C24H30O. The summed E-state index contributed by atoms with van der Waals surface area (Å²) in [7, 11) is 0. The van der Waals surface area contributed by atoms with Crippen LogP contribution in [0.3, 0.4) is 0 Å². The van der Waals surface area contributed by atoms with Gasteiger partial charge in [-0.25, -0.2) is 0 Å². The summed E-state index contributed by atoms with van der Waals surface area (Å²) >= 11 is 0. The van der Waals surface area contributed by atoms with Gasteiger partial charge in [-0.15, -0.1) is 0 Å². The third-order valence-electron chi connectivity index (χ3n) is 4.15. The van der Waals surface area contributed by atoms with Crippen LogP contribution in [0.1, 0.15) is 56.6 Å². The van der Waals surface area contributed by atoms with Crippen LogP contribution in [0.25, 0.3) is 11.8 Å². The summed E-state index contributed by atoms with van der Waals surface area (Å²) in [5, 5.41) is 0. The third kappa shape index (κ3) is 7.89. The minimum Gasteiger partial charge on any atom is -0.493 e. The molecule has 0 aromatic heterocycles. The van der Waals surface area contributed by atoms with Crippen molar-refractivity contribution in [2.45, 2.75) is 45.4 Å². The standard InChI is InChI=1S/C24H30O/c1-2-3-4-5-6-13-21-25-24(23-18-11-8-12-19-23)20-14-17-22-15-9-7-10-16-22/h7-12,14-20H,2-6,13,21H2,1H3. The molecule has 0 aliphatic heterocycles. The average molecular weight is 335 g/mol. The van der Waals surface area contributed by atoms with Gasteiger partial charge in [0.2, 0.25) is 0 Å². The second kappa shape index (κ2) is 12.1. The molecular weight excluding hydrogens is 304 g/mol. The van der Waals surface area contributed by atoms with Crippen molar-refractivity contribution in [1.29, 1.82) is 0 Å². The monoisotopic (exact) mass is 334 g/mol. The number of benzene rings is 2. The molecule has 0 radical (unpaired) electrons. The summed E-state index contributed by atoms with van der Waals surface area (Å²) in [6.45, 7) is 3.04. The van der Waals surface area contributed by atoms with E-state index in [-0.39, 0.29) is 0 Å². The van der Waals surface area contributed by atoms with Gasteiger partial charge < -0.3 is 4.74 Å². The molecule has 0 spiro atoms. The molecule has 0 aliphatic carbocycles. The number of hydrogen-bond donors (Lipinski definition) is 0. The molecule has 0 heterocycles. The van der Waals surface area contributed by atoms with Crippen LogP contribution in [0.2, 0.25) is 0 Å². The van der Waals surface area contributed by atoms with Crippen LogP contribution >= 0.6 is 0 Å². The van der Waals surface area contributed by atoms with Gasteiger partial charge in [0.25, 0.3) is 0 Å². The Bertz CT molecular complexity index is 626. The first kappa shape index (κ1) is 19.1. The van der Waals surface area contributed by atoms with Crippen molar-refractivity contribution in [2.24, 2.45) is 0 Å². The van der Waals surface area contributed by atoms with Gasteiger partial charge in [-0.3, -0.25) is 0 Å². The normalized spacial score (nSPS) is 11.8. The van der Waals surface area contributed by atoms with E-state index in [0.717, 1.165) is 24.4 Å². The van der Waals surface area contributed by atoms with Crippen LogP contribution < -0.4 is 0 Å². The molecule has 1 nitrogen and oxygen atoms in total. The number of unbranched alkanes of at least 4 members (excludes halogenated alkanes) is 5. The van der Waals surface area contributed by atoms with Gasteiger partial charge in [-0.2, -0.15) is 0 Å². The Hall–Kier alpha value is -2.28. The maximum absolute atomic E-state index is 6.08. The highest BCUT2D eigenvalue weighted by Crippen LogP contribution is 2.17. The van der Waals surface area contributed by atoms with Gasteiger partial charge >= 0.3 is 0 Å². The molecule has 2 rings (SSSR count). The Labute approximate surface area is 153 Å². The number of rotatable bonds is 11. The molecule has 0 fully saturated rings. The van der Waals surface area contributed by atoms with Crippen molar-refractivity contribution in [3.63, 3.8) is 0 Å². The molecule has 2 aromatic carbocycles. The summed E-state index contributed by atoms with van der Waals surface area (Å²) in [5.74, 6) is 0.946. The van der Waals surface area contributed by atoms with Crippen molar-refractivity contribution in [2.75, 3.05) is 6.61 Å². The van der Waals surface area contributed by atoms with Crippen molar-refractivity contribution >= 4 is 11.8 Å². The first-order chi connectivity index (χ1) is 12.4. The average Bonchev–Trinajstić information content (AvgIpc) is 2.67. The Balaban J connectivity index is 1.90. The number of hydrogen-bond acceptors (Lipinski definition) is 1. The summed E-state index contributed by atoms with van der Waals surface area (Å²) in [5.41, 5.74) is 2.33. The fourth-order valence-electron chi connectivity index (χ4n) is 2.71. The molecule has 2 aromatic rings. The van der Waals surface area contributed by atoms with Crippen LogP contribution in [0.5, 0.6) is 0 Å². The van der Waals surface area contributed by atoms with Crippen LogP contribution in [-0.4, -0.2) is 6.61 Å². The molecule has 0 atom stereocenters. The largest absolute Gasteiger partial charge is 0.493 e. The van der Waals surface area contributed by atoms with E-state index < -0.39 is 0 Å². The van der Waals surface area contributed by atoms with Gasteiger partial charge in [0.1, 0.15) is 5.76 Å². The summed E-state index contributed by atoms with van der Waals surface area (Å²) in [4.78, 5) is 0. The molecule has 0 N–H and O–H groups in total. The maximum atomic E-state index is 6.08. The zero-order valence-electron chi connectivity index (χ0n) is 15.4. The van der Waals surface area contributed by atoms with Gasteiger partial charge in [0.05, 0.1) is 6.61 Å². The van der Waals surface area contributed by atoms with E-state index in [2.05, 4.69) is 73.7 Å². The molecule has 0 unspecified atom stereocenters. The maximum Gasteiger partial charge on any atom is 0.126 e. The lowest BCUT2D eigenvalue weighted by Crippen LogP contribution is -1.95. The van der Waals surface area contributed by atoms with Gasteiger partial charge in [0.15, 0.2) is 0 Å². The first-order valence-electron chi connectivity index (χ1n) is 9.52. The summed E-state index contributed by atoms with van der Waals surface area (Å²) in [6.07, 6.45) is 13.9. The van der Waals surface area contributed by atoms with Gasteiger partial charge in [0, 0.05) is 5.56 Å². The Morgan fingerprint density at radius 2 is 1.44 bits per heavy atom. The third-order valence-corrected chi connectivity index (χ3v) is 4.15. The first-order valence-corrected chi connectivity index (χ1v) is 9.52. The van der Waals surface area contributed by atoms with Crippen molar-refractivity contribution in [1.82, 2.24) is 0 Å². The van der Waals surface area contributed by atoms with E-state index in [4.69, 9.17) is 4.74 Å². The molecule has 0 amide bonds. The van der Waals surface area contributed by atoms with E-state index >= 15 is 0 Å². The Morgan fingerprint density at radius 1 is 0.800 bits per heavy atom. The van der Waals surface area contributed by atoms with E-state index in [1.807, 2.05) is 12.1 Å². The molecule has 0 saturated heterocycles. The molecule has 25 heavy (non-hydrogen) atoms. The molecule has 0 saturated carbocycles. The molecule has 132 valence electrons. The second-order valence-corrected chi connectivity index (χ2v) is 6.28. The summed E-state index contributed by atoms with van der Waals surface area (Å²) in [6, 6.07) is 20.7. The zero-order chi connectivity index (χ0) is 17.6. The van der Waals surface area contributed by atoms with E-state index in [0.29, 0.717) is 0 Å². The van der Waals surface area contributed by atoms with Crippen molar-refractivity contribution < 1.29 is 4.74 Å². The highest BCUT2D eigenvalue weighted by atomic mass is 16.5. The quantitative estimate of drug-likeness (QED) is 0.241. The Morgan fingerprint density at radius 3 is 2.16 bits per heavy atom. The predicted octanol–water partition coefficient (Wildman–Crippen LogP) is 7.12. The van der Waals surface area contributed by atoms with E-state index in [1.165, 1.54) is 37.7 Å². The lowest BCUT2D eigenvalue weighted by atomic mass is 10.1. The van der Waals surface area contributed by atoms with Crippen LogP contribution in [0.4, 0.5) is 0 Å². The SMILES string of the molecule is CCCCCCCCOC(=CC=Cc1ccccc1)c1ccccc1. The smallest absolute Gasteiger partial charge is 0.126 e. The fraction of sp³-hybridized carbons (Fsp3) is 0.333. The fourth-order valence-corrected chi connectivity index (χ4v) is 2.71. The number of ether oxygens (including phenoxy) is 1. The lowest BCUT2D eigenvalue weighted by Gasteiger charge is -2.10. The van der Waals surface area contributed by atoms with Crippen molar-refractivity contribution in [3.05, 3.63) is 83.9 Å². The molecule has 0 bridgehead atoms. The zero-order valence-corrected chi connectivity index (χ0v) is 15.4. The van der Waals surface area contributed by atoms with Crippen LogP contribution in [-0.2, 0) is 4.74 Å². The van der Waals surface area contributed by atoms with Crippen LogP contribution in [0, 0.1) is 0 Å². The predicted molar refractivity (Wildman–Crippen MR) is 109 cm³/mol. The number of allylic oxidation sites excluding steroid dienone is 2. The van der Waals surface area contributed by atoms with E-state index in [9.17, 15) is 0 Å². The molecule has 1 heteroatoms. The van der Waals surface area contributed by atoms with Gasteiger partial charge in [-0.05, 0) is 18.1 Å². The Kier molecular flexibility index (Phi) is 9.25. The lowest BCUT2D eigenvalue weighted by molar-refractivity contribution is 0.266. The highest BCUT2D eigenvalue weighted by molar-refractivity contribution is 5.64. The second-order valence-electron chi connectivity index (χ2n) is 6.28.